The maximum atomic E-state index is 12.5. The third-order valence-electron chi connectivity index (χ3n) is 5.50. The number of amides is 2. The number of rotatable bonds is 7. The third kappa shape index (κ3) is 4.61. The van der Waals surface area contributed by atoms with Crippen LogP contribution >= 0.6 is 0 Å². The Bertz CT molecular complexity index is 608. The summed E-state index contributed by atoms with van der Waals surface area (Å²) >= 11 is 0. The summed E-state index contributed by atoms with van der Waals surface area (Å²) in [5, 5.41) is 0. The van der Waals surface area contributed by atoms with Gasteiger partial charge in [-0.05, 0) is 37.8 Å². The van der Waals surface area contributed by atoms with Crippen molar-refractivity contribution in [3.63, 3.8) is 0 Å². The van der Waals surface area contributed by atoms with E-state index in [1.165, 1.54) is 0 Å². The monoisotopic (exact) mass is 359 g/mol. The molecule has 3 heterocycles. The maximum Gasteiger partial charge on any atom is 0.224 e. The molecule has 1 aromatic rings. The average molecular weight is 359 g/mol. The van der Waals surface area contributed by atoms with Gasteiger partial charge in [0.2, 0.25) is 11.8 Å². The van der Waals surface area contributed by atoms with E-state index in [4.69, 9.17) is 4.74 Å². The van der Waals surface area contributed by atoms with Gasteiger partial charge < -0.3 is 14.5 Å². The fourth-order valence-corrected chi connectivity index (χ4v) is 4.11. The number of pyridine rings is 1. The Hall–Kier alpha value is -1.95. The fraction of sp³-hybridized carbons (Fsp3) is 0.650. The van der Waals surface area contributed by atoms with Crippen LogP contribution in [0.2, 0.25) is 0 Å². The molecule has 0 aromatic carbocycles. The van der Waals surface area contributed by atoms with Gasteiger partial charge in [-0.3, -0.25) is 14.6 Å². The molecule has 6 nitrogen and oxygen atoms in total. The first-order chi connectivity index (χ1) is 12.7. The lowest BCUT2D eigenvalue weighted by Gasteiger charge is -2.47. The Kier molecular flexibility index (Phi) is 6.61. The smallest absolute Gasteiger partial charge is 0.224 e. The van der Waals surface area contributed by atoms with Crippen LogP contribution in [0.5, 0.6) is 0 Å². The molecule has 2 aliphatic rings. The first-order valence-corrected chi connectivity index (χ1v) is 9.74. The van der Waals surface area contributed by atoms with Gasteiger partial charge in [0.1, 0.15) is 0 Å². The highest BCUT2D eigenvalue weighted by atomic mass is 16.5. The van der Waals surface area contributed by atoms with E-state index in [1.807, 2.05) is 34.9 Å². The van der Waals surface area contributed by atoms with Gasteiger partial charge in [0.15, 0.2) is 0 Å². The zero-order valence-corrected chi connectivity index (χ0v) is 15.6. The summed E-state index contributed by atoms with van der Waals surface area (Å²) in [5.41, 5.74) is 1.02. The molecule has 6 heteroatoms. The molecule has 142 valence electrons. The zero-order chi connectivity index (χ0) is 18.4. The van der Waals surface area contributed by atoms with Crippen LogP contribution < -0.4 is 0 Å². The van der Waals surface area contributed by atoms with Crippen molar-refractivity contribution < 1.29 is 14.3 Å². The summed E-state index contributed by atoms with van der Waals surface area (Å²) in [6, 6.07) is 6.15. The highest BCUT2D eigenvalue weighted by molar-refractivity contribution is 5.78. The van der Waals surface area contributed by atoms with E-state index < -0.39 is 0 Å². The number of likely N-dealkylation sites (tertiary alicyclic amines) is 2. The van der Waals surface area contributed by atoms with Crippen molar-refractivity contribution in [2.75, 3.05) is 32.8 Å². The van der Waals surface area contributed by atoms with Crippen molar-refractivity contribution >= 4 is 11.8 Å². The quantitative estimate of drug-likeness (QED) is 0.698. The highest BCUT2D eigenvalue weighted by Crippen LogP contribution is 2.31. The summed E-state index contributed by atoms with van der Waals surface area (Å²) in [6.07, 6.45) is 5.38. The topological polar surface area (TPSA) is 62.7 Å². The molecule has 2 fully saturated rings. The average Bonchev–Trinajstić information content (AvgIpc) is 2.67. The molecule has 1 aromatic heterocycles. The summed E-state index contributed by atoms with van der Waals surface area (Å²) in [7, 11) is 0. The van der Waals surface area contributed by atoms with Gasteiger partial charge in [0.25, 0.3) is 0 Å². The van der Waals surface area contributed by atoms with E-state index in [0.717, 1.165) is 44.6 Å². The molecule has 2 unspecified atom stereocenters. The number of hydrogen-bond donors (Lipinski definition) is 0. The molecule has 0 N–H and O–H groups in total. The van der Waals surface area contributed by atoms with Crippen LogP contribution in [0.25, 0.3) is 0 Å². The maximum absolute atomic E-state index is 12.5. The van der Waals surface area contributed by atoms with Gasteiger partial charge in [0.05, 0.1) is 13.0 Å². The molecule has 0 aliphatic carbocycles. The number of carbonyl (C=O) groups is 2. The van der Waals surface area contributed by atoms with Crippen LogP contribution in [0.1, 0.15) is 38.3 Å². The molecule has 0 saturated carbocycles. The zero-order valence-electron chi connectivity index (χ0n) is 15.6. The summed E-state index contributed by atoms with van der Waals surface area (Å²) in [4.78, 5) is 33.2. The molecule has 2 aliphatic heterocycles. The first kappa shape index (κ1) is 18.8. The third-order valence-corrected chi connectivity index (χ3v) is 5.50. The molecule has 3 rings (SSSR count). The van der Waals surface area contributed by atoms with Crippen molar-refractivity contribution in [3.05, 3.63) is 30.1 Å². The molecule has 0 spiro atoms. The van der Waals surface area contributed by atoms with E-state index in [0.29, 0.717) is 32.0 Å². The van der Waals surface area contributed by atoms with Gasteiger partial charge in [-0.2, -0.15) is 0 Å². The molecule has 2 amide bonds. The second kappa shape index (κ2) is 9.12. The van der Waals surface area contributed by atoms with Gasteiger partial charge in [-0.15, -0.1) is 0 Å². The number of hydrogen-bond acceptors (Lipinski definition) is 4. The Morgan fingerprint density at radius 2 is 2.23 bits per heavy atom. The number of nitrogens with zero attached hydrogens (tertiary/aromatic N) is 3. The normalized spacial score (nSPS) is 23.0. The molecule has 0 radical (unpaired) electrons. The van der Waals surface area contributed by atoms with Crippen molar-refractivity contribution in [2.24, 2.45) is 5.92 Å². The number of piperidine rings is 2. The van der Waals surface area contributed by atoms with Crippen molar-refractivity contribution in [3.8, 4) is 0 Å². The Morgan fingerprint density at radius 3 is 3.00 bits per heavy atom. The lowest BCUT2D eigenvalue weighted by molar-refractivity contribution is -0.144. The van der Waals surface area contributed by atoms with Crippen LogP contribution in [-0.4, -0.2) is 65.5 Å². The predicted octanol–water partition coefficient (Wildman–Crippen LogP) is 1.89. The number of aromatic nitrogens is 1. The van der Waals surface area contributed by atoms with Crippen molar-refractivity contribution in [2.45, 2.75) is 45.1 Å². The summed E-state index contributed by atoms with van der Waals surface area (Å²) in [6.45, 7) is 5.30. The minimum atomic E-state index is 0.175. The van der Waals surface area contributed by atoms with Gasteiger partial charge in [-0.25, -0.2) is 0 Å². The predicted molar refractivity (Wildman–Crippen MR) is 98.5 cm³/mol. The van der Waals surface area contributed by atoms with E-state index in [9.17, 15) is 9.59 Å². The number of carbonyl (C=O) groups excluding carboxylic acids is 2. The fourth-order valence-electron chi connectivity index (χ4n) is 4.11. The largest absolute Gasteiger partial charge is 0.381 e. The molecule has 0 bridgehead atoms. The lowest BCUT2D eigenvalue weighted by atomic mass is 9.83. The molecule has 2 saturated heterocycles. The minimum absolute atomic E-state index is 0.175. The Balaban J connectivity index is 1.55. The number of fused-ring (bicyclic) bond motifs is 1. The molecular formula is C20H29N3O3. The van der Waals surface area contributed by atoms with E-state index in [-0.39, 0.29) is 17.9 Å². The Labute approximate surface area is 155 Å². The van der Waals surface area contributed by atoms with Crippen LogP contribution in [0.4, 0.5) is 0 Å². The van der Waals surface area contributed by atoms with Gasteiger partial charge in [-0.1, -0.05) is 6.07 Å². The summed E-state index contributed by atoms with van der Waals surface area (Å²) in [5.74, 6) is 0.813. The van der Waals surface area contributed by atoms with E-state index in [2.05, 4.69) is 4.98 Å². The van der Waals surface area contributed by atoms with Gasteiger partial charge >= 0.3 is 0 Å². The highest BCUT2D eigenvalue weighted by Gasteiger charge is 2.39. The summed E-state index contributed by atoms with van der Waals surface area (Å²) < 4.78 is 5.30. The molecular weight excluding hydrogens is 330 g/mol. The van der Waals surface area contributed by atoms with E-state index in [1.54, 1.807) is 6.20 Å². The SMILES string of the molecule is CCOCCC(=O)N1CCC2C(CCC(=O)N2CCc2ccccn2)C1. The molecule has 2 atom stereocenters. The molecule has 26 heavy (non-hydrogen) atoms. The van der Waals surface area contributed by atoms with Gasteiger partial charge in [0, 0.05) is 57.0 Å². The second-order valence-electron chi connectivity index (χ2n) is 7.10. The van der Waals surface area contributed by atoms with Crippen molar-refractivity contribution in [1.29, 1.82) is 0 Å². The minimum Gasteiger partial charge on any atom is -0.381 e. The standard InChI is InChI=1S/C20H29N3O3/c1-2-26-14-10-19(24)22-12-9-18-16(15-22)6-7-20(25)23(18)13-8-17-5-3-4-11-21-17/h3-5,11,16,18H,2,6-10,12-15H2,1H3. The Morgan fingerprint density at radius 1 is 1.35 bits per heavy atom. The van der Waals surface area contributed by atoms with Crippen LogP contribution in [0.3, 0.4) is 0 Å². The lowest BCUT2D eigenvalue weighted by Crippen LogP contribution is -2.57. The first-order valence-electron chi connectivity index (χ1n) is 9.74. The van der Waals surface area contributed by atoms with Crippen molar-refractivity contribution in [1.82, 2.24) is 14.8 Å². The van der Waals surface area contributed by atoms with Crippen LogP contribution in [0, 0.1) is 5.92 Å². The van der Waals surface area contributed by atoms with Crippen LogP contribution in [0.15, 0.2) is 24.4 Å². The number of ether oxygens (including phenoxy) is 1. The second-order valence-corrected chi connectivity index (χ2v) is 7.10. The van der Waals surface area contributed by atoms with E-state index >= 15 is 0 Å². The van der Waals surface area contributed by atoms with Crippen LogP contribution in [-0.2, 0) is 20.7 Å².